The van der Waals surface area contributed by atoms with Gasteiger partial charge in [-0.2, -0.15) is 4.98 Å². The van der Waals surface area contributed by atoms with Crippen LogP contribution in [0.4, 0.5) is 11.8 Å². The summed E-state index contributed by atoms with van der Waals surface area (Å²) in [7, 11) is 7.88. The van der Waals surface area contributed by atoms with Crippen LogP contribution < -0.4 is 20.7 Å². The van der Waals surface area contributed by atoms with Gasteiger partial charge in [-0.15, -0.1) is 0 Å². The average Bonchev–Trinajstić information content (AvgIpc) is 2.99. The normalized spacial score (nSPS) is 25.2. The van der Waals surface area contributed by atoms with E-state index in [9.17, 15) is 4.79 Å². The van der Waals surface area contributed by atoms with Crippen molar-refractivity contribution in [3.8, 4) is 0 Å². The number of amides is 1. The molecule has 3 heterocycles. The lowest BCUT2D eigenvalue weighted by molar-refractivity contribution is -0.135. The number of fused-ring (bicyclic) bond motifs is 1. The van der Waals surface area contributed by atoms with E-state index in [-0.39, 0.29) is 17.9 Å². The third-order valence-corrected chi connectivity index (χ3v) is 5.46. The van der Waals surface area contributed by atoms with E-state index in [1.54, 1.807) is 0 Å². The Kier molecular flexibility index (Phi) is 5.34. The maximum Gasteiger partial charge on any atom is 0.241 e. The molecule has 8 nitrogen and oxygen atoms in total. The van der Waals surface area contributed by atoms with Gasteiger partial charge in [-0.3, -0.25) is 10.2 Å². The molecule has 3 rings (SSSR count). The zero-order valence-electron chi connectivity index (χ0n) is 16.7. The van der Waals surface area contributed by atoms with Crippen LogP contribution in [-0.4, -0.2) is 67.6 Å². The summed E-state index contributed by atoms with van der Waals surface area (Å²) in [5.41, 5.74) is 8.56. The van der Waals surface area contributed by atoms with Gasteiger partial charge < -0.3 is 14.7 Å². The Bertz CT molecular complexity index is 676. The second-order valence-electron chi connectivity index (χ2n) is 7.71. The van der Waals surface area contributed by atoms with E-state index in [2.05, 4.69) is 29.7 Å². The van der Waals surface area contributed by atoms with Crippen LogP contribution in [-0.2, 0) is 17.8 Å². The van der Waals surface area contributed by atoms with Gasteiger partial charge in [-0.1, -0.05) is 13.8 Å². The van der Waals surface area contributed by atoms with Crippen molar-refractivity contribution >= 4 is 17.7 Å². The van der Waals surface area contributed by atoms with Crippen molar-refractivity contribution in [2.45, 2.75) is 45.3 Å². The summed E-state index contributed by atoms with van der Waals surface area (Å²) in [6, 6.07) is 0.161. The van der Waals surface area contributed by atoms with E-state index < -0.39 is 0 Å². The first-order valence-electron chi connectivity index (χ1n) is 9.37. The van der Waals surface area contributed by atoms with E-state index in [4.69, 9.17) is 4.98 Å². The number of anilines is 2. The van der Waals surface area contributed by atoms with Crippen LogP contribution >= 0.6 is 0 Å². The first-order chi connectivity index (χ1) is 12.3. The number of nitrogens with zero attached hydrogens (tertiary/aromatic N) is 5. The third kappa shape index (κ3) is 3.35. The van der Waals surface area contributed by atoms with Crippen molar-refractivity contribution in [3.05, 3.63) is 11.3 Å². The highest BCUT2D eigenvalue weighted by atomic mass is 16.2. The van der Waals surface area contributed by atoms with Crippen LogP contribution in [0.2, 0.25) is 0 Å². The Morgan fingerprint density at radius 3 is 2.50 bits per heavy atom. The first kappa shape index (κ1) is 18.8. The smallest absolute Gasteiger partial charge is 0.241 e. The van der Waals surface area contributed by atoms with Gasteiger partial charge in [0, 0.05) is 46.3 Å². The number of hydrogen-bond acceptors (Lipinski definition) is 7. The molecular weight excluding hydrogens is 330 g/mol. The number of aromatic nitrogens is 2. The first-order valence-corrected chi connectivity index (χ1v) is 9.37. The van der Waals surface area contributed by atoms with Crippen molar-refractivity contribution in [2.75, 3.05) is 44.5 Å². The minimum atomic E-state index is -0.176. The standard InChI is InChI=1S/C18H31N7O/c1-7-13-11(2)15(22-21-13)17(26)25-9-8-12-14(10-25)19-18(24(5)6)20-16(12)23(3)4/h11,13,15,21-22H,7-10H2,1-6H3. The third-order valence-electron chi connectivity index (χ3n) is 5.46. The molecule has 8 heteroatoms. The Balaban J connectivity index is 1.84. The average molecular weight is 361 g/mol. The quantitative estimate of drug-likeness (QED) is 0.803. The number of nitrogens with one attached hydrogen (secondary N) is 2. The van der Waals surface area contributed by atoms with Crippen molar-refractivity contribution < 1.29 is 4.79 Å². The largest absolute Gasteiger partial charge is 0.362 e. The molecule has 0 radical (unpaired) electrons. The Hall–Kier alpha value is -1.93. The van der Waals surface area contributed by atoms with E-state index in [1.165, 1.54) is 0 Å². The topological polar surface area (TPSA) is 76.6 Å². The zero-order chi connectivity index (χ0) is 19.0. The second kappa shape index (κ2) is 7.36. The van der Waals surface area contributed by atoms with E-state index in [0.717, 1.165) is 29.9 Å². The summed E-state index contributed by atoms with van der Waals surface area (Å²) in [6.07, 6.45) is 1.79. The second-order valence-corrected chi connectivity index (χ2v) is 7.71. The Labute approximate surface area is 155 Å². The minimum Gasteiger partial charge on any atom is -0.362 e. The van der Waals surface area contributed by atoms with Gasteiger partial charge in [0.2, 0.25) is 11.9 Å². The number of rotatable bonds is 4. The SMILES string of the molecule is CCC1NNC(C(=O)N2CCc3c(nc(N(C)C)nc3N(C)C)C2)C1C. The molecule has 1 amide bonds. The number of hydrazine groups is 1. The molecular formula is C18H31N7O. The number of hydrogen-bond donors (Lipinski definition) is 2. The molecule has 2 N–H and O–H groups in total. The Morgan fingerprint density at radius 1 is 1.19 bits per heavy atom. The molecule has 0 aromatic carbocycles. The van der Waals surface area contributed by atoms with Crippen molar-refractivity contribution in [2.24, 2.45) is 5.92 Å². The highest BCUT2D eigenvalue weighted by molar-refractivity contribution is 5.83. The van der Waals surface area contributed by atoms with Crippen LogP contribution in [0.15, 0.2) is 0 Å². The summed E-state index contributed by atoms with van der Waals surface area (Å²) < 4.78 is 0. The molecule has 0 saturated carbocycles. The maximum atomic E-state index is 13.1. The van der Waals surface area contributed by atoms with Crippen LogP contribution in [0.1, 0.15) is 31.5 Å². The molecule has 1 aromatic rings. The van der Waals surface area contributed by atoms with Gasteiger partial charge in [0.25, 0.3) is 0 Å². The summed E-state index contributed by atoms with van der Waals surface area (Å²) in [5, 5.41) is 0. The monoisotopic (exact) mass is 361 g/mol. The highest BCUT2D eigenvalue weighted by Crippen LogP contribution is 2.28. The lowest BCUT2D eigenvalue weighted by atomic mass is 9.93. The molecule has 3 atom stereocenters. The summed E-state index contributed by atoms with van der Waals surface area (Å²) >= 11 is 0. The molecule has 1 saturated heterocycles. The number of carbonyl (C=O) groups is 1. The molecule has 0 spiro atoms. The van der Waals surface area contributed by atoms with E-state index in [0.29, 0.717) is 25.1 Å². The lowest BCUT2D eigenvalue weighted by Gasteiger charge is -2.33. The fourth-order valence-electron chi connectivity index (χ4n) is 3.81. The predicted octanol–water partition coefficient (Wildman–Crippen LogP) is 0.384. The molecule has 2 aliphatic rings. The van der Waals surface area contributed by atoms with Crippen LogP contribution in [0.5, 0.6) is 0 Å². The van der Waals surface area contributed by atoms with Gasteiger partial charge in [-0.25, -0.2) is 10.4 Å². The summed E-state index contributed by atoms with van der Waals surface area (Å²) in [5.74, 6) is 2.06. The number of carbonyl (C=O) groups excluding carboxylic acids is 1. The zero-order valence-corrected chi connectivity index (χ0v) is 16.7. The minimum absolute atomic E-state index is 0.156. The molecule has 26 heavy (non-hydrogen) atoms. The fourth-order valence-corrected chi connectivity index (χ4v) is 3.81. The lowest BCUT2D eigenvalue weighted by Crippen LogP contribution is -2.49. The van der Waals surface area contributed by atoms with Crippen LogP contribution in [0.25, 0.3) is 0 Å². The van der Waals surface area contributed by atoms with Crippen LogP contribution in [0.3, 0.4) is 0 Å². The summed E-state index contributed by atoms with van der Waals surface area (Å²) in [6.45, 7) is 5.53. The highest BCUT2D eigenvalue weighted by Gasteiger charge is 2.39. The van der Waals surface area contributed by atoms with E-state index >= 15 is 0 Å². The molecule has 0 bridgehead atoms. The molecule has 0 aliphatic carbocycles. The summed E-state index contributed by atoms with van der Waals surface area (Å²) in [4.78, 5) is 28.4. The van der Waals surface area contributed by atoms with Crippen molar-refractivity contribution in [1.82, 2.24) is 25.7 Å². The van der Waals surface area contributed by atoms with Crippen molar-refractivity contribution in [3.63, 3.8) is 0 Å². The Morgan fingerprint density at radius 2 is 1.92 bits per heavy atom. The molecule has 2 aliphatic heterocycles. The van der Waals surface area contributed by atoms with E-state index in [1.807, 2.05) is 42.9 Å². The fraction of sp³-hybridized carbons (Fsp3) is 0.722. The van der Waals surface area contributed by atoms with Gasteiger partial charge in [-0.05, 0) is 18.8 Å². The predicted molar refractivity (Wildman–Crippen MR) is 103 cm³/mol. The van der Waals surface area contributed by atoms with Gasteiger partial charge >= 0.3 is 0 Å². The van der Waals surface area contributed by atoms with Gasteiger partial charge in [0.05, 0.1) is 12.2 Å². The van der Waals surface area contributed by atoms with Gasteiger partial charge in [0.15, 0.2) is 0 Å². The maximum absolute atomic E-state index is 13.1. The van der Waals surface area contributed by atoms with Crippen molar-refractivity contribution in [1.29, 1.82) is 0 Å². The molecule has 144 valence electrons. The molecule has 3 unspecified atom stereocenters. The van der Waals surface area contributed by atoms with Gasteiger partial charge in [0.1, 0.15) is 11.9 Å². The van der Waals surface area contributed by atoms with Crippen LogP contribution in [0, 0.1) is 5.92 Å². The molecule has 1 fully saturated rings. The molecule has 1 aromatic heterocycles.